The number of carbonyl (C=O) groups excluding carboxylic acids is 2. The number of aryl methyl sites for hydroxylation is 1. The molecule has 46 heavy (non-hydrogen) atoms. The number of hydrogen-bond donors (Lipinski definition) is 1. The van der Waals surface area contributed by atoms with Crippen molar-refractivity contribution in [3.8, 4) is 11.1 Å². The van der Waals surface area contributed by atoms with Gasteiger partial charge in [0.2, 0.25) is 11.8 Å². The normalized spacial score (nSPS) is 16.0. The van der Waals surface area contributed by atoms with Gasteiger partial charge in [0, 0.05) is 37.1 Å². The van der Waals surface area contributed by atoms with Gasteiger partial charge in [0.25, 0.3) is 15.9 Å². The first kappa shape index (κ1) is 33.4. The van der Waals surface area contributed by atoms with Crippen LogP contribution in [0.5, 0.6) is 0 Å². The Balaban J connectivity index is 1.54. The van der Waals surface area contributed by atoms with Crippen molar-refractivity contribution >= 4 is 33.6 Å². The lowest BCUT2D eigenvalue weighted by molar-refractivity contribution is -0.133. The minimum Gasteiger partial charge on any atom is -0.341 e. The van der Waals surface area contributed by atoms with E-state index in [9.17, 15) is 18.0 Å². The molecule has 0 bridgehead atoms. The number of aromatic nitrogens is 1. The maximum Gasteiger partial charge on any atom is 0.264 e. The lowest BCUT2D eigenvalue weighted by Gasteiger charge is -2.25. The van der Waals surface area contributed by atoms with Gasteiger partial charge in [-0.05, 0) is 55.9 Å². The molecule has 0 atom stereocenters. The van der Waals surface area contributed by atoms with Crippen LogP contribution in [0.25, 0.3) is 11.1 Å². The molecule has 5 rings (SSSR count). The van der Waals surface area contributed by atoms with E-state index in [1.165, 1.54) is 0 Å². The van der Waals surface area contributed by atoms with Crippen molar-refractivity contribution in [2.24, 2.45) is 10.9 Å². The second-order valence-corrected chi connectivity index (χ2v) is 14.6. The fraction of sp³-hybridized carbons (Fsp3) is 0.486. The summed E-state index contributed by atoms with van der Waals surface area (Å²) in [5.41, 5.74) is 3.41. The molecule has 1 aliphatic heterocycles. The SMILES string of the molecule is CCCCC1=NC2(CCCC2)C(=O)N1Cc1ccc(-c2ccccc2S(=O)(=O)Nc2onc(C)c2C)c(CN(C)C(=O)C(C)C)c1. The van der Waals surface area contributed by atoms with E-state index >= 15 is 0 Å². The van der Waals surface area contributed by atoms with E-state index in [1.807, 2.05) is 36.9 Å². The van der Waals surface area contributed by atoms with Crippen LogP contribution in [-0.4, -0.2) is 53.6 Å². The Hall–Kier alpha value is -3.99. The van der Waals surface area contributed by atoms with E-state index in [4.69, 9.17) is 9.52 Å². The summed E-state index contributed by atoms with van der Waals surface area (Å²) in [5, 5.41) is 3.88. The van der Waals surface area contributed by atoms with Crippen LogP contribution < -0.4 is 4.72 Å². The van der Waals surface area contributed by atoms with Gasteiger partial charge in [-0.1, -0.05) is 81.6 Å². The van der Waals surface area contributed by atoms with Crippen molar-refractivity contribution < 1.29 is 22.5 Å². The monoisotopic (exact) mass is 647 g/mol. The highest BCUT2D eigenvalue weighted by Crippen LogP contribution is 2.40. The highest BCUT2D eigenvalue weighted by atomic mass is 32.2. The fourth-order valence-electron chi connectivity index (χ4n) is 6.40. The summed E-state index contributed by atoms with van der Waals surface area (Å²) in [6.07, 6.45) is 6.31. The summed E-state index contributed by atoms with van der Waals surface area (Å²) >= 11 is 0. The Morgan fingerprint density at radius 1 is 1.11 bits per heavy atom. The largest absolute Gasteiger partial charge is 0.341 e. The number of rotatable bonds is 12. The van der Waals surface area contributed by atoms with E-state index in [-0.39, 0.29) is 35.1 Å². The Kier molecular flexibility index (Phi) is 9.72. The standard InChI is InChI=1S/C35H45N5O5S/c1-7-8-15-31-36-35(18-11-12-19-35)34(42)40(31)21-26-16-17-28(27(20-26)22-39(6)33(41)23(2)3)29-13-9-10-14-30(29)46(43,44)38-32-24(4)25(5)37-45-32/h9-10,13-14,16-17,20,23,38H,7-8,11-12,15,18-19,21-22H2,1-6H3. The highest BCUT2D eigenvalue weighted by Gasteiger charge is 2.49. The first-order chi connectivity index (χ1) is 21.9. The van der Waals surface area contributed by atoms with Crippen molar-refractivity contribution in [2.75, 3.05) is 11.8 Å². The van der Waals surface area contributed by atoms with Gasteiger partial charge in [-0.2, -0.15) is 0 Å². The molecular formula is C35H45N5O5S. The van der Waals surface area contributed by atoms with Crippen molar-refractivity contribution in [2.45, 2.75) is 103 Å². The first-order valence-corrected chi connectivity index (χ1v) is 17.7. The second-order valence-electron chi connectivity index (χ2n) is 12.9. The van der Waals surface area contributed by atoms with Gasteiger partial charge in [-0.3, -0.25) is 19.5 Å². The van der Waals surface area contributed by atoms with Gasteiger partial charge >= 0.3 is 0 Å². The zero-order valence-electron chi connectivity index (χ0n) is 27.7. The minimum atomic E-state index is -4.07. The second kappa shape index (κ2) is 13.4. The number of nitrogens with one attached hydrogen (secondary N) is 1. The van der Waals surface area contributed by atoms with E-state index in [0.29, 0.717) is 28.9 Å². The van der Waals surface area contributed by atoms with Crippen molar-refractivity contribution in [1.29, 1.82) is 0 Å². The first-order valence-electron chi connectivity index (χ1n) is 16.2. The van der Waals surface area contributed by atoms with E-state index in [2.05, 4.69) is 16.8 Å². The third-order valence-electron chi connectivity index (χ3n) is 9.12. The summed E-state index contributed by atoms with van der Waals surface area (Å²) < 4.78 is 35.3. The number of aliphatic imine (C=N–C) groups is 1. The zero-order chi connectivity index (χ0) is 33.2. The van der Waals surface area contributed by atoms with Gasteiger partial charge in [0.15, 0.2) is 0 Å². The van der Waals surface area contributed by atoms with Crippen LogP contribution in [-0.2, 0) is 32.7 Å². The molecule has 0 saturated heterocycles. The molecule has 11 heteroatoms. The third-order valence-corrected chi connectivity index (χ3v) is 10.5. The number of carbonyl (C=O) groups is 2. The summed E-state index contributed by atoms with van der Waals surface area (Å²) in [6.45, 7) is 9.95. The number of nitrogens with zero attached hydrogens (tertiary/aromatic N) is 4. The number of hydrogen-bond acceptors (Lipinski definition) is 7. The molecule has 0 radical (unpaired) electrons. The summed E-state index contributed by atoms with van der Waals surface area (Å²) in [7, 11) is -2.32. The molecule has 3 aromatic rings. The molecule has 1 saturated carbocycles. The van der Waals surface area contributed by atoms with Gasteiger partial charge in [0.1, 0.15) is 11.4 Å². The molecule has 2 aromatic carbocycles. The van der Waals surface area contributed by atoms with Gasteiger partial charge in [-0.15, -0.1) is 0 Å². The molecular weight excluding hydrogens is 602 g/mol. The molecule has 2 aliphatic rings. The average molecular weight is 648 g/mol. The van der Waals surface area contributed by atoms with Gasteiger partial charge in [-0.25, -0.2) is 13.1 Å². The van der Waals surface area contributed by atoms with E-state index < -0.39 is 15.6 Å². The summed E-state index contributed by atoms with van der Waals surface area (Å²) in [6, 6.07) is 12.6. The maximum atomic E-state index is 13.8. The molecule has 1 aliphatic carbocycles. The number of anilines is 1. The molecule has 1 N–H and O–H groups in total. The fourth-order valence-corrected chi connectivity index (χ4v) is 7.67. The Morgan fingerprint density at radius 3 is 2.48 bits per heavy atom. The number of sulfonamides is 1. The van der Waals surface area contributed by atoms with Crippen LogP contribution in [0.2, 0.25) is 0 Å². The Labute approximate surface area is 272 Å². The van der Waals surface area contributed by atoms with Crippen LogP contribution in [0.15, 0.2) is 56.9 Å². The molecule has 0 unspecified atom stereocenters. The molecule has 2 heterocycles. The average Bonchev–Trinajstić information content (AvgIpc) is 3.70. The molecule has 1 fully saturated rings. The lowest BCUT2D eigenvalue weighted by Crippen LogP contribution is -2.40. The van der Waals surface area contributed by atoms with Crippen LogP contribution in [0.1, 0.15) is 88.1 Å². The topological polar surface area (TPSA) is 125 Å². The van der Waals surface area contributed by atoms with Crippen LogP contribution in [0.3, 0.4) is 0 Å². The Morgan fingerprint density at radius 2 is 1.83 bits per heavy atom. The zero-order valence-corrected chi connectivity index (χ0v) is 28.5. The molecule has 246 valence electrons. The van der Waals surface area contributed by atoms with Crippen molar-refractivity contribution in [3.63, 3.8) is 0 Å². The molecule has 2 amide bonds. The van der Waals surface area contributed by atoms with Crippen LogP contribution in [0.4, 0.5) is 5.88 Å². The van der Waals surface area contributed by atoms with Gasteiger partial charge in [0.05, 0.1) is 17.1 Å². The predicted octanol–water partition coefficient (Wildman–Crippen LogP) is 6.62. The van der Waals surface area contributed by atoms with Crippen LogP contribution >= 0.6 is 0 Å². The minimum absolute atomic E-state index is 0.0260. The van der Waals surface area contributed by atoms with Crippen LogP contribution in [0, 0.1) is 19.8 Å². The summed E-state index contributed by atoms with van der Waals surface area (Å²) in [4.78, 5) is 35.4. The molecule has 10 nitrogen and oxygen atoms in total. The number of benzene rings is 2. The molecule has 1 aromatic heterocycles. The Bertz CT molecular complexity index is 1750. The highest BCUT2D eigenvalue weighted by molar-refractivity contribution is 7.92. The maximum absolute atomic E-state index is 13.8. The van der Waals surface area contributed by atoms with Gasteiger partial charge < -0.3 is 9.42 Å². The smallest absolute Gasteiger partial charge is 0.264 e. The summed E-state index contributed by atoms with van der Waals surface area (Å²) in [5.74, 6) is 0.772. The third kappa shape index (κ3) is 6.61. The van der Waals surface area contributed by atoms with Crippen molar-refractivity contribution in [1.82, 2.24) is 15.0 Å². The number of amides is 2. The predicted molar refractivity (Wildman–Crippen MR) is 179 cm³/mol. The molecule has 1 spiro atoms. The quantitative estimate of drug-likeness (QED) is 0.236. The lowest BCUT2D eigenvalue weighted by atomic mass is 9.95. The van der Waals surface area contributed by atoms with E-state index in [1.54, 1.807) is 50.1 Å². The number of amidine groups is 1. The number of unbranched alkanes of at least 4 members (excludes halogenated alkanes) is 1. The van der Waals surface area contributed by atoms with E-state index in [0.717, 1.165) is 61.9 Å². The van der Waals surface area contributed by atoms with Crippen molar-refractivity contribution in [3.05, 3.63) is 64.8 Å².